The van der Waals surface area contributed by atoms with Gasteiger partial charge in [-0.25, -0.2) is 18.6 Å². The van der Waals surface area contributed by atoms with Gasteiger partial charge in [0.1, 0.15) is 18.0 Å². The van der Waals surface area contributed by atoms with E-state index < -0.39 is 24.4 Å². The topological polar surface area (TPSA) is 135 Å². The molecule has 0 spiro atoms. The molecule has 2 aromatic heterocycles. The number of amides is 2. The van der Waals surface area contributed by atoms with Gasteiger partial charge in [0.25, 0.3) is 6.43 Å². The molecular formula is C36H41F2N7O6. The predicted molar refractivity (Wildman–Crippen MR) is 182 cm³/mol. The smallest absolute Gasteiger partial charge is 0.408 e. The summed E-state index contributed by atoms with van der Waals surface area (Å²) in [7, 11) is 0. The number of carbonyl (C=O) groups is 2. The van der Waals surface area contributed by atoms with Crippen LogP contribution in [0.2, 0.25) is 0 Å². The Morgan fingerprint density at radius 2 is 1.71 bits per heavy atom. The number of rotatable bonds is 12. The summed E-state index contributed by atoms with van der Waals surface area (Å²) in [6.07, 6.45) is -1.14. The highest BCUT2D eigenvalue weighted by molar-refractivity contribution is 5.87. The summed E-state index contributed by atoms with van der Waals surface area (Å²) in [5, 5.41) is 9.94. The summed E-state index contributed by atoms with van der Waals surface area (Å²) in [5.41, 5.74) is 1.93. The van der Waals surface area contributed by atoms with Gasteiger partial charge in [-0.2, -0.15) is 9.97 Å². The highest BCUT2D eigenvalue weighted by Crippen LogP contribution is 2.33. The van der Waals surface area contributed by atoms with Crippen LogP contribution < -0.4 is 9.64 Å². The lowest BCUT2D eigenvalue weighted by atomic mass is 9.92. The molecule has 0 radical (unpaired) electrons. The number of imidazole rings is 1. The number of carboxylic acid groups (broad SMARTS) is 1. The molecule has 270 valence electrons. The van der Waals surface area contributed by atoms with Gasteiger partial charge in [-0.3, -0.25) is 14.3 Å². The van der Waals surface area contributed by atoms with Crippen LogP contribution in [-0.4, -0.2) is 111 Å². The highest BCUT2D eigenvalue weighted by Gasteiger charge is 2.42. The molecule has 1 aliphatic carbocycles. The molecule has 2 saturated heterocycles. The van der Waals surface area contributed by atoms with Crippen LogP contribution >= 0.6 is 0 Å². The van der Waals surface area contributed by atoms with Gasteiger partial charge >= 0.3 is 6.09 Å². The van der Waals surface area contributed by atoms with Crippen LogP contribution in [0.15, 0.2) is 60.7 Å². The van der Waals surface area contributed by atoms with Crippen molar-refractivity contribution < 1.29 is 37.7 Å². The summed E-state index contributed by atoms with van der Waals surface area (Å²) in [6.45, 7) is 3.22. The van der Waals surface area contributed by atoms with Gasteiger partial charge in [0, 0.05) is 38.3 Å². The van der Waals surface area contributed by atoms with Crippen LogP contribution in [0, 0.1) is 0 Å². The average molecular weight is 706 g/mol. The van der Waals surface area contributed by atoms with Crippen LogP contribution in [0.4, 0.5) is 19.5 Å². The van der Waals surface area contributed by atoms with E-state index in [0.29, 0.717) is 88.5 Å². The number of hydrogen-bond donors (Lipinski definition) is 1. The molecule has 7 rings (SSSR count). The lowest BCUT2D eigenvalue weighted by Crippen LogP contribution is -2.48. The first-order valence-electron chi connectivity index (χ1n) is 17.4. The van der Waals surface area contributed by atoms with Crippen molar-refractivity contribution >= 4 is 29.0 Å². The largest absolute Gasteiger partial charge is 0.474 e. The van der Waals surface area contributed by atoms with Crippen LogP contribution in [0.1, 0.15) is 49.9 Å². The Hall–Kier alpha value is -4.89. The monoisotopic (exact) mass is 705 g/mol. The lowest BCUT2D eigenvalue weighted by molar-refractivity contribution is -0.134. The summed E-state index contributed by atoms with van der Waals surface area (Å²) < 4.78 is 47.5. The number of hydrogen-bond acceptors (Lipinski definition) is 9. The summed E-state index contributed by atoms with van der Waals surface area (Å²) in [6, 6.07) is 17.4. The lowest BCUT2D eigenvalue weighted by Gasteiger charge is -2.35. The van der Waals surface area contributed by atoms with Crippen molar-refractivity contribution in [1.82, 2.24) is 29.3 Å². The molecule has 0 unspecified atom stereocenters. The number of halogens is 2. The van der Waals surface area contributed by atoms with Gasteiger partial charge in [-0.1, -0.05) is 42.5 Å². The van der Waals surface area contributed by atoms with Crippen LogP contribution in [0.5, 0.6) is 5.88 Å². The molecule has 1 saturated carbocycles. The molecule has 1 N–H and O–H groups in total. The van der Waals surface area contributed by atoms with Gasteiger partial charge in [-0.15, -0.1) is 0 Å². The molecule has 3 aliphatic rings. The Balaban J connectivity index is 1.01. The highest BCUT2D eigenvalue weighted by atomic mass is 19.3. The fourth-order valence-electron chi connectivity index (χ4n) is 7.21. The number of likely N-dealkylation sites (tertiary alicyclic amines) is 1. The first-order chi connectivity index (χ1) is 24.9. The summed E-state index contributed by atoms with van der Waals surface area (Å²) in [4.78, 5) is 44.2. The standard InChI is InChI=1S/C36H41F2N7O6/c37-32(38)33-39-27-8-4-5-9-28(27)45(33)30-22-31(41-35(40-30)42-16-19-49-20-17-42)51-26-12-10-25(11-13-26)43-15-14-29(34(43)46)44(36(47)48)18-21-50-23-24-6-2-1-3-7-24/h1-9,22,25-26,29,32H,10-21,23H2,(H,47,48)/t25-,26-,29-/m0/s1. The first kappa shape index (κ1) is 34.6. The minimum atomic E-state index is -2.83. The van der Waals surface area contributed by atoms with Crippen molar-refractivity contribution in [3.8, 4) is 11.7 Å². The van der Waals surface area contributed by atoms with E-state index in [4.69, 9.17) is 24.2 Å². The summed E-state index contributed by atoms with van der Waals surface area (Å²) >= 11 is 0. The van der Waals surface area contributed by atoms with Crippen molar-refractivity contribution in [2.24, 2.45) is 0 Å². The molecule has 4 heterocycles. The van der Waals surface area contributed by atoms with Crippen molar-refractivity contribution in [2.45, 2.75) is 63.3 Å². The predicted octanol–water partition coefficient (Wildman–Crippen LogP) is 5.08. The number of morpholine rings is 1. The minimum absolute atomic E-state index is 0.0388. The third kappa shape index (κ3) is 7.73. The fourth-order valence-corrected chi connectivity index (χ4v) is 7.21. The fraction of sp³-hybridized carbons (Fsp3) is 0.472. The molecule has 2 amide bonds. The number of nitrogens with zero attached hydrogens (tertiary/aromatic N) is 7. The molecular weight excluding hydrogens is 664 g/mol. The van der Waals surface area contributed by atoms with E-state index in [1.165, 1.54) is 9.47 Å². The van der Waals surface area contributed by atoms with E-state index in [9.17, 15) is 23.5 Å². The average Bonchev–Trinajstić information content (AvgIpc) is 3.73. The SMILES string of the molecule is O=C(O)N(CCOCc1ccccc1)[C@H]1CCN([C@H]2CC[C@H](Oc3cc(-n4c(C(F)F)nc5ccccc54)nc(N4CCOCC4)n3)CC2)C1=O. The van der Waals surface area contributed by atoms with Crippen molar-refractivity contribution in [2.75, 3.05) is 50.9 Å². The Kier molecular flexibility index (Phi) is 10.5. The van der Waals surface area contributed by atoms with E-state index in [2.05, 4.69) is 4.98 Å². The molecule has 3 fully saturated rings. The molecule has 15 heteroatoms. The number of aromatic nitrogens is 4. The van der Waals surface area contributed by atoms with Gasteiger partial charge in [0.15, 0.2) is 5.82 Å². The van der Waals surface area contributed by atoms with Crippen LogP contribution in [0.25, 0.3) is 16.9 Å². The second kappa shape index (κ2) is 15.6. The Bertz CT molecular complexity index is 1810. The Labute approximate surface area is 293 Å². The zero-order valence-electron chi connectivity index (χ0n) is 28.2. The molecule has 2 aliphatic heterocycles. The van der Waals surface area contributed by atoms with Crippen molar-refractivity contribution in [3.05, 3.63) is 72.1 Å². The third-order valence-electron chi connectivity index (χ3n) is 9.78. The molecule has 1 atom stereocenters. The Morgan fingerprint density at radius 1 is 0.961 bits per heavy atom. The van der Waals surface area contributed by atoms with E-state index in [0.717, 1.165) is 5.56 Å². The maximum absolute atomic E-state index is 14.3. The quantitative estimate of drug-likeness (QED) is 0.199. The van der Waals surface area contributed by atoms with Gasteiger partial charge in [-0.05, 0) is 49.8 Å². The number of carbonyl (C=O) groups excluding carboxylic acids is 1. The second-order valence-electron chi connectivity index (χ2n) is 13.0. The Morgan fingerprint density at radius 3 is 2.45 bits per heavy atom. The van der Waals surface area contributed by atoms with Crippen molar-refractivity contribution in [3.63, 3.8) is 0 Å². The number of ether oxygens (including phenoxy) is 3. The number of para-hydroxylation sites is 2. The second-order valence-corrected chi connectivity index (χ2v) is 13.0. The number of fused-ring (bicyclic) bond motifs is 1. The summed E-state index contributed by atoms with van der Waals surface area (Å²) in [5.74, 6) is 0.277. The molecule has 13 nitrogen and oxygen atoms in total. The zero-order chi connectivity index (χ0) is 35.3. The maximum Gasteiger partial charge on any atom is 0.408 e. The van der Waals surface area contributed by atoms with Crippen molar-refractivity contribution in [1.29, 1.82) is 0 Å². The number of benzene rings is 2. The normalized spacial score (nSPS) is 21.1. The zero-order valence-corrected chi connectivity index (χ0v) is 28.2. The first-order valence-corrected chi connectivity index (χ1v) is 17.4. The maximum atomic E-state index is 14.3. The molecule has 4 aromatic rings. The van der Waals surface area contributed by atoms with E-state index in [-0.39, 0.29) is 42.9 Å². The minimum Gasteiger partial charge on any atom is -0.474 e. The van der Waals surface area contributed by atoms with Crippen LogP contribution in [-0.2, 0) is 20.9 Å². The third-order valence-corrected chi connectivity index (χ3v) is 9.78. The number of alkyl halides is 2. The molecule has 0 bridgehead atoms. The number of anilines is 1. The van der Waals surface area contributed by atoms with E-state index in [1.54, 1.807) is 30.3 Å². The van der Waals surface area contributed by atoms with E-state index in [1.807, 2.05) is 40.1 Å². The van der Waals surface area contributed by atoms with Gasteiger partial charge in [0.2, 0.25) is 17.7 Å². The van der Waals surface area contributed by atoms with Crippen LogP contribution in [0.3, 0.4) is 0 Å². The van der Waals surface area contributed by atoms with Gasteiger partial charge in [0.05, 0.1) is 37.5 Å². The van der Waals surface area contributed by atoms with Gasteiger partial charge < -0.3 is 29.1 Å². The molecule has 2 aromatic carbocycles. The van der Waals surface area contributed by atoms with E-state index >= 15 is 0 Å². The molecule has 51 heavy (non-hydrogen) atoms.